The van der Waals surface area contributed by atoms with Gasteiger partial charge in [0.05, 0.1) is 24.9 Å². The number of nitrogens with zero attached hydrogens (tertiary/aromatic N) is 5. The second-order valence-corrected chi connectivity index (χ2v) is 8.14. The highest BCUT2D eigenvalue weighted by molar-refractivity contribution is 5.91. The number of carbonyl (C=O) groups is 1. The number of H-pyrrole nitrogens is 1. The van der Waals surface area contributed by atoms with Crippen molar-refractivity contribution in [3.8, 4) is 11.4 Å². The van der Waals surface area contributed by atoms with Crippen molar-refractivity contribution in [2.75, 3.05) is 37.7 Å². The molecule has 2 aliphatic rings. The molecular formula is C22H26N6O2. The van der Waals surface area contributed by atoms with E-state index >= 15 is 0 Å². The predicted octanol–water partition coefficient (Wildman–Crippen LogP) is 2.58. The molecule has 5 heterocycles. The Morgan fingerprint density at radius 2 is 2.17 bits per heavy atom. The second-order valence-electron chi connectivity index (χ2n) is 8.14. The molecule has 3 aromatic rings. The molecule has 8 nitrogen and oxygen atoms in total. The van der Waals surface area contributed by atoms with Crippen molar-refractivity contribution in [3.05, 3.63) is 36.3 Å². The van der Waals surface area contributed by atoms with Crippen molar-refractivity contribution < 1.29 is 9.53 Å². The van der Waals surface area contributed by atoms with Crippen molar-refractivity contribution in [2.24, 2.45) is 0 Å². The number of hydrogen-bond donors (Lipinski definition) is 1. The number of fused-ring (bicyclic) bond motifs is 1. The number of pyridine rings is 1. The molecule has 0 bridgehead atoms. The van der Waals surface area contributed by atoms with Gasteiger partial charge in [-0.25, -0.2) is 15.0 Å². The summed E-state index contributed by atoms with van der Waals surface area (Å²) in [5.41, 5.74) is 2.79. The van der Waals surface area contributed by atoms with E-state index in [0.717, 1.165) is 47.6 Å². The highest BCUT2D eigenvalue weighted by Gasteiger charge is 2.29. The molecule has 1 N–H and O–H groups in total. The van der Waals surface area contributed by atoms with Gasteiger partial charge in [0.2, 0.25) is 5.91 Å². The van der Waals surface area contributed by atoms with E-state index in [1.807, 2.05) is 23.2 Å². The van der Waals surface area contributed by atoms with Crippen LogP contribution in [0.5, 0.6) is 0 Å². The smallest absolute Gasteiger partial charge is 0.219 e. The monoisotopic (exact) mass is 406 g/mol. The number of carbonyl (C=O) groups excluding carboxylic acids is 1. The normalized spacial score (nSPS) is 22.1. The number of nitrogens with one attached hydrogen (secondary N) is 1. The summed E-state index contributed by atoms with van der Waals surface area (Å²) in [6.45, 7) is 7.46. The lowest BCUT2D eigenvalue weighted by Gasteiger charge is -2.34. The van der Waals surface area contributed by atoms with Gasteiger partial charge in [0, 0.05) is 61.9 Å². The number of aromatic nitrogens is 4. The number of morpholine rings is 1. The fraction of sp³-hybridized carbons (Fsp3) is 0.455. The number of anilines is 1. The van der Waals surface area contributed by atoms with E-state index in [2.05, 4.69) is 27.9 Å². The molecule has 0 aliphatic carbocycles. The van der Waals surface area contributed by atoms with Crippen LogP contribution in [0.15, 0.2) is 30.6 Å². The molecule has 0 radical (unpaired) electrons. The molecule has 0 spiro atoms. The molecule has 2 saturated heterocycles. The van der Waals surface area contributed by atoms with E-state index in [4.69, 9.17) is 14.7 Å². The first-order valence-corrected chi connectivity index (χ1v) is 10.5. The van der Waals surface area contributed by atoms with Crippen LogP contribution in [0.2, 0.25) is 0 Å². The third-order valence-electron chi connectivity index (χ3n) is 6.15. The summed E-state index contributed by atoms with van der Waals surface area (Å²) in [5, 5.41) is 1.01. The number of likely N-dealkylation sites (tertiary alicyclic amines) is 1. The van der Waals surface area contributed by atoms with E-state index < -0.39 is 0 Å². The third kappa shape index (κ3) is 3.41. The lowest BCUT2D eigenvalue weighted by Crippen LogP contribution is -2.44. The van der Waals surface area contributed by atoms with Crippen LogP contribution in [-0.2, 0) is 9.53 Å². The highest BCUT2D eigenvalue weighted by atomic mass is 16.5. The molecule has 2 atom stereocenters. The van der Waals surface area contributed by atoms with Crippen LogP contribution in [0.25, 0.3) is 22.4 Å². The first kappa shape index (κ1) is 19.0. The first-order chi connectivity index (χ1) is 14.6. The number of amides is 1. The molecule has 1 amide bonds. The predicted molar refractivity (Wildman–Crippen MR) is 114 cm³/mol. The summed E-state index contributed by atoms with van der Waals surface area (Å²) in [7, 11) is 0. The summed E-state index contributed by atoms with van der Waals surface area (Å²) in [5.74, 6) is 1.97. The van der Waals surface area contributed by atoms with Crippen molar-refractivity contribution in [1.82, 2.24) is 24.8 Å². The van der Waals surface area contributed by atoms with Crippen molar-refractivity contribution in [3.63, 3.8) is 0 Å². The van der Waals surface area contributed by atoms with E-state index in [9.17, 15) is 4.79 Å². The highest BCUT2D eigenvalue weighted by Crippen LogP contribution is 2.32. The van der Waals surface area contributed by atoms with Crippen LogP contribution in [0.3, 0.4) is 0 Å². The maximum atomic E-state index is 11.8. The Bertz CT molecular complexity index is 1080. The quantitative estimate of drug-likeness (QED) is 0.719. The molecule has 0 saturated carbocycles. The van der Waals surface area contributed by atoms with E-state index in [1.165, 1.54) is 0 Å². The lowest BCUT2D eigenvalue weighted by molar-refractivity contribution is -0.127. The standard InChI is InChI=1S/C22H26N6O2/c1-14-13-30-10-9-28(14)20-11-19(16-5-8-27(12-16)15(2)29)25-22(26-20)18-4-7-24-21-17(18)3-6-23-21/h3-4,6-7,11,14,16H,5,8-10,12-13H2,1-2H3,(H,23,24)/t14-,16+/m1/s1. The Labute approximate surface area is 175 Å². The molecule has 0 unspecified atom stereocenters. The summed E-state index contributed by atoms with van der Waals surface area (Å²) >= 11 is 0. The topological polar surface area (TPSA) is 87.2 Å². The summed E-state index contributed by atoms with van der Waals surface area (Å²) < 4.78 is 5.62. The van der Waals surface area contributed by atoms with Gasteiger partial charge in [0.25, 0.3) is 0 Å². The van der Waals surface area contributed by atoms with Gasteiger partial charge in [-0.15, -0.1) is 0 Å². The van der Waals surface area contributed by atoms with E-state index in [0.29, 0.717) is 25.6 Å². The Morgan fingerprint density at radius 1 is 1.27 bits per heavy atom. The molecule has 2 fully saturated rings. The molecule has 8 heteroatoms. The van der Waals surface area contributed by atoms with Crippen LogP contribution in [0.1, 0.15) is 31.9 Å². The van der Waals surface area contributed by atoms with Crippen molar-refractivity contribution >= 4 is 22.8 Å². The zero-order chi connectivity index (χ0) is 20.7. The van der Waals surface area contributed by atoms with E-state index in [-0.39, 0.29) is 17.9 Å². The molecule has 30 heavy (non-hydrogen) atoms. The summed E-state index contributed by atoms with van der Waals surface area (Å²) in [4.78, 5) is 33.6. The zero-order valence-corrected chi connectivity index (χ0v) is 17.3. The number of ether oxygens (including phenoxy) is 1. The fourth-order valence-corrected chi connectivity index (χ4v) is 4.44. The fourth-order valence-electron chi connectivity index (χ4n) is 4.44. The largest absolute Gasteiger partial charge is 0.377 e. The first-order valence-electron chi connectivity index (χ1n) is 10.5. The Hall–Kier alpha value is -3.00. The van der Waals surface area contributed by atoms with Crippen LogP contribution in [0.4, 0.5) is 5.82 Å². The van der Waals surface area contributed by atoms with E-state index in [1.54, 1.807) is 13.1 Å². The average Bonchev–Trinajstić information content (AvgIpc) is 3.43. The zero-order valence-electron chi connectivity index (χ0n) is 17.3. The molecule has 0 aromatic carbocycles. The SMILES string of the molecule is CC(=O)N1CC[C@H](c2cc(N3CCOC[C@H]3C)nc(-c3ccnc4[nH]ccc34)n2)C1. The van der Waals surface area contributed by atoms with Gasteiger partial charge in [0.1, 0.15) is 11.5 Å². The third-order valence-corrected chi connectivity index (χ3v) is 6.15. The minimum Gasteiger partial charge on any atom is -0.377 e. The van der Waals surface area contributed by atoms with Gasteiger partial charge >= 0.3 is 0 Å². The number of aromatic amines is 1. The van der Waals surface area contributed by atoms with Gasteiger partial charge in [-0.05, 0) is 25.5 Å². The minimum atomic E-state index is 0.122. The van der Waals surface area contributed by atoms with Gasteiger partial charge < -0.3 is 19.5 Å². The summed E-state index contributed by atoms with van der Waals surface area (Å²) in [6.07, 6.45) is 4.59. The molecular weight excluding hydrogens is 380 g/mol. The number of rotatable bonds is 3. The minimum absolute atomic E-state index is 0.122. The number of hydrogen-bond acceptors (Lipinski definition) is 6. The maximum Gasteiger partial charge on any atom is 0.219 e. The molecule has 2 aliphatic heterocycles. The Balaban J connectivity index is 1.60. The second kappa shape index (κ2) is 7.68. The van der Waals surface area contributed by atoms with Crippen LogP contribution in [-0.4, -0.2) is 69.6 Å². The van der Waals surface area contributed by atoms with Gasteiger partial charge in [0.15, 0.2) is 5.82 Å². The van der Waals surface area contributed by atoms with Crippen LogP contribution in [0, 0.1) is 0 Å². The average molecular weight is 406 g/mol. The van der Waals surface area contributed by atoms with Gasteiger partial charge in [-0.1, -0.05) is 0 Å². The molecule has 156 valence electrons. The van der Waals surface area contributed by atoms with Gasteiger partial charge in [-0.3, -0.25) is 4.79 Å². The van der Waals surface area contributed by atoms with Gasteiger partial charge in [-0.2, -0.15) is 0 Å². The lowest BCUT2D eigenvalue weighted by atomic mass is 10.0. The van der Waals surface area contributed by atoms with Crippen molar-refractivity contribution in [1.29, 1.82) is 0 Å². The Morgan fingerprint density at radius 3 is 2.97 bits per heavy atom. The molecule has 3 aromatic heterocycles. The maximum absolute atomic E-state index is 11.8. The Kier molecular flexibility index (Phi) is 4.86. The van der Waals surface area contributed by atoms with Crippen molar-refractivity contribution in [2.45, 2.75) is 32.2 Å². The van der Waals surface area contributed by atoms with Crippen LogP contribution < -0.4 is 4.90 Å². The molecule has 5 rings (SSSR count). The summed E-state index contributed by atoms with van der Waals surface area (Å²) in [6, 6.07) is 6.34. The van der Waals surface area contributed by atoms with Crippen LogP contribution >= 0.6 is 0 Å².